The molecule has 0 bridgehead atoms. The van der Waals surface area contributed by atoms with Gasteiger partial charge in [-0.25, -0.2) is 4.52 Å². The number of hydrogen-bond donors (Lipinski definition) is 0. The Morgan fingerprint density at radius 2 is 2.00 bits per heavy atom. The molecule has 0 aromatic carbocycles. The van der Waals surface area contributed by atoms with Crippen LogP contribution in [0.4, 0.5) is 0 Å². The first-order valence-corrected chi connectivity index (χ1v) is 5.99. The van der Waals surface area contributed by atoms with Crippen LogP contribution >= 0.6 is 0 Å². The third-order valence-corrected chi connectivity index (χ3v) is 3.27. The summed E-state index contributed by atoms with van der Waals surface area (Å²) in [6.45, 7) is 1.03. The fraction of sp³-hybridized carbons (Fsp3) is 0.308. The van der Waals surface area contributed by atoms with Gasteiger partial charge in [0.2, 0.25) is 0 Å². The molecule has 0 N–H and O–H groups in total. The maximum absolute atomic E-state index is 12.3. The fourth-order valence-corrected chi connectivity index (χ4v) is 2.23. The monoisotopic (exact) mass is 243 g/mol. The van der Waals surface area contributed by atoms with Crippen LogP contribution in [0.25, 0.3) is 5.52 Å². The lowest BCUT2D eigenvalue weighted by molar-refractivity contribution is -0.120. The Morgan fingerprint density at radius 1 is 1.22 bits per heavy atom. The Bertz CT molecular complexity index is 607. The summed E-state index contributed by atoms with van der Waals surface area (Å²) in [4.78, 5) is 25.2. The molecule has 0 spiro atoms. The first kappa shape index (κ1) is 11.0. The minimum Gasteiger partial charge on any atom is -0.338 e. The highest BCUT2D eigenvalue weighted by molar-refractivity contribution is 6.01. The van der Waals surface area contributed by atoms with E-state index in [2.05, 4.69) is 5.10 Å². The highest BCUT2D eigenvalue weighted by Crippen LogP contribution is 2.15. The smallest absolute Gasteiger partial charge is 0.257 e. The van der Waals surface area contributed by atoms with Crippen molar-refractivity contribution >= 4 is 17.2 Å². The quantitative estimate of drug-likeness (QED) is 0.754. The molecule has 0 saturated carbocycles. The molecule has 1 aliphatic heterocycles. The fourth-order valence-electron chi connectivity index (χ4n) is 2.23. The average Bonchev–Trinajstić information content (AvgIpc) is 2.82. The zero-order chi connectivity index (χ0) is 12.5. The van der Waals surface area contributed by atoms with Crippen molar-refractivity contribution in [2.24, 2.45) is 0 Å². The van der Waals surface area contributed by atoms with Gasteiger partial charge >= 0.3 is 0 Å². The second kappa shape index (κ2) is 4.25. The SMILES string of the molecule is O=C1CCN(C(=O)c2cnn3ccccc23)CC1. The number of aromatic nitrogens is 2. The molecule has 5 heteroatoms. The number of fused-ring (bicyclic) bond motifs is 1. The molecule has 0 atom stereocenters. The minimum absolute atomic E-state index is 0.0382. The maximum Gasteiger partial charge on any atom is 0.257 e. The second-order valence-electron chi connectivity index (χ2n) is 4.42. The standard InChI is InChI=1S/C13H13N3O2/c17-10-4-7-15(8-5-10)13(18)11-9-14-16-6-2-1-3-12(11)16/h1-3,6,9H,4-5,7-8H2. The second-order valence-corrected chi connectivity index (χ2v) is 4.42. The van der Waals surface area contributed by atoms with E-state index in [1.54, 1.807) is 15.6 Å². The molecule has 2 aromatic heterocycles. The Kier molecular flexibility index (Phi) is 2.59. The summed E-state index contributed by atoms with van der Waals surface area (Å²) < 4.78 is 1.68. The summed E-state index contributed by atoms with van der Waals surface area (Å²) in [5.41, 5.74) is 1.41. The van der Waals surface area contributed by atoms with E-state index < -0.39 is 0 Å². The van der Waals surface area contributed by atoms with Crippen LogP contribution in [0.3, 0.4) is 0 Å². The lowest BCUT2D eigenvalue weighted by Gasteiger charge is -2.25. The lowest BCUT2D eigenvalue weighted by Crippen LogP contribution is -2.38. The van der Waals surface area contributed by atoms with Crippen LogP contribution in [0.1, 0.15) is 23.2 Å². The zero-order valence-electron chi connectivity index (χ0n) is 9.87. The van der Waals surface area contributed by atoms with Gasteiger partial charge in [-0.1, -0.05) is 6.07 Å². The molecule has 2 aromatic rings. The molecular formula is C13H13N3O2. The van der Waals surface area contributed by atoms with Gasteiger partial charge in [0.1, 0.15) is 5.78 Å². The molecule has 1 saturated heterocycles. The van der Waals surface area contributed by atoms with Gasteiger partial charge in [0.25, 0.3) is 5.91 Å². The van der Waals surface area contributed by atoms with Crippen LogP contribution in [0.5, 0.6) is 0 Å². The first-order valence-electron chi connectivity index (χ1n) is 5.99. The molecule has 1 amide bonds. The number of nitrogens with zero attached hydrogens (tertiary/aromatic N) is 3. The van der Waals surface area contributed by atoms with Crippen molar-refractivity contribution < 1.29 is 9.59 Å². The Morgan fingerprint density at radius 3 is 2.78 bits per heavy atom. The van der Waals surface area contributed by atoms with Crippen LogP contribution in [-0.4, -0.2) is 39.3 Å². The predicted octanol–water partition coefficient (Wildman–Crippen LogP) is 1.14. The number of rotatable bonds is 1. The number of piperidine rings is 1. The van der Waals surface area contributed by atoms with Crippen molar-refractivity contribution in [1.82, 2.24) is 14.5 Å². The molecule has 1 fully saturated rings. The lowest BCUT2D eigenvalue weighted by atomic mass is 10.1. The van der Waals surface area contributed by atoms with E-state index in [0.717, 1.165) is 5.52 Å². The average molecular weight is 243 g/mol. The molecule has 3 rings (SSSR count). The van der Waals surface area contributed by atoms with Crippen LogP contribution in [0.15, 0.2) is 30.6 Å². The maximum atomic E-state index is 12.3. The number of amides is 1. The van der Waals surface area contributed by atoms with Gasteiger partial charge in [0.15, 0.2) is 0 Å². The minimum atomic E-state index is -0.0382. The van der Waals surface area contributed by atoms with Gasteiger partial charge in [0, 0.05) is 32.1 Å². The Labute approximate surface area is 104 Å². The zero-order valence-corrected chi connectivity index (χ0v) is 9.87. The van der Waals surface area contributed by atoms with E-state index in [9.17, 15) is 9.59 Å². The number of hydrogen-bond acceptors (Lipinski definition) is 3. The van der Waals surface area contributed by atoms with Crippen molar-refractivity contribution in [3.05, 3.63) is 36.2 Å². The molecule has 3 heterocycles. The number of ketones is 1. The van der Waals surface area contributed by atoms with E-state index in [4.69, 9.17) is 0 Å². The number of pyridine rings is 1. The van der Waals surface area contributed by atoms with Gasteiger partial charge in [-0.05, 0) is 12.1 Å². The van der Waals surface area contributed by atoms with Gasteiger partial charge in [0.05, 0.1) is 17.3 Å². The van der Waals surface area contributed by atoms with Gasteiger partial charge < -0.3 is 4.90 Å². The van der Waals surface area contributed by atoms with Crippen molar-refractivity contribution in [3.8, 4) is 0 Å². The van der Waals surface area contributed by atoms with Crippen LogP contribution in [-0.2, 0) is 4.79 Å². The van der Waals surface area contributed by atoms with E-state index in [0.29, 0.717) is 31.5 Å². The molecule has 1 aliphatic rings. The van der Waals surface area contributed by atoms with E-state index in [-0.39, 0.29) is 11.7 Å². The number of Topliss-reactive ketones (excluding diaryl/α,β-unsaturated/α-hetero) is 1. The van der Waals surface area contributed by atoms with Gasteiger partial charge in [-0.15, -0.1) is 0 Å². The normalized spacial score (nSPS) is 16.2. The first-order chi connectivity index (χ1) is 8.75. The number of likely N-dealkylation sites (tertiary alicyclic amines) is 1. The summed E-state index contributed by atoms with van der Waals surface area (Å²) in [6, 6.07) is 5.62. The number of carbonyl (C=O) groups is 2. The predicted molar refractivity (Wildman–Crippen MR) is 65.3 cm³/mol. The molecular weight excluding hydrogens is 230 g/mol. The topological polar surface area (TPSA) is 54.7 Å². The summed E-state index contributed by atoms with van der Waals surface area (Å²) in [5.74, 6) is 0.197. The van der Waals surface area contributed by atoms with Crippen molar-refractivity contribution in [1.29, 1.82) is 0 Å². The van der Waals surface area contributed by atoms with E-state index in [1.165, 1.54) is 0 Å². The van der Waals surface area contributed by atoms with E-state index >= 15 is 0 Å². The Hall–Kier alpha value is -2.17. The third kappa shape index (κ3) is 1.77. The van der Waals surface area contributed by atoms with Crippen LogP contribution in [0.2, 0.25) is 0 Å². The van der Waals surface area contributed by atoms with Crippen molar-refractivity contribution in [2.45, 2.75) is 12.8 Å². The Balaban J connectivity index is 1.90. The summed E-state index contributed by atoms with van der Waals surface area (Å²) >= 11 is 0. The van der Waals surface area contributed by atoms with Gasteiger partial charge in [-0.3, -0.25) is 9.59 Å². The summed E-state index contributed by atoms with van der Waals surface area (Å²) in [6.07, 6.45) is 4.33. The van der Waals surface area contributed by atoms with Crippen LogP contribution < -0.4 is 0 Å². The molecule has 0 radical (unpaired) electrons. The summed E-state index contributed by atoms with van der Waals surface area (Å²) in [7, 11) is 0. The van der Waals surface area contributed by atoms with E-state index in [1.807, 2.05) is 24.4 Å². The highest BCUT2D eigenvalue weighted by atomic mass is 16.2. The molecule has 92 valence electrons. The molecule has 18 heavy (non-hydrogen) atoms. The third-order valence-electron chi connectivity index (χ3n) is 3.27. The molecule has 0 aliphatic carbocycles. The molecule has 5 nitrogen and oxygen atoms in total. The van der Waals surface area contributed by atoms with Crippen molar-refractivity contribution in [3.63, 3.8) is 0 Å². The van der Waals surface area contributed by atoms with Crippen molar-refractivity contribution in [2.75, 3.05) is 13.1 Å². The number of carbonyl (C=O) groups excluding carboxylic acids is 2. The highest BCUT2D eigenvalue weighted by Gasteiger charge is 2.23. The summed E-state index contributed by atoms with van der Waals surface area (Å²) in [5, 5.41) is 4.15. The largest absolute Gasteiger partial charge is 0.338 e. The van der Waals surface area contributed by atoms with Gasteiger partial charge in [-0.2, -0.15) is 5.10 Å². The van der Waals surface area contributed by atoms with Crippen LogP contribution in [0, 0.1) is 0 Å². The molecule has 0 unspecified atom stereocenters.